The Hall–Kier alpha value is -1.60. The first-order chi connectivity index (χ1) is 8.89. The minimum atomic E-state index is 0.219. The molecule has 0 aromatic heterocycles. The van der Waals surface area contributed by atoms with E-state index in [2.05, 4.69) is 66.0 Å². The molecule has 1 aliphatic carbocycles. The Morgan fingerprint density at radius 2 is 1.44 bits per heavy atom. The molecule has 0 heterocycles. The maximum atomic E-state index is 3.77. The van der Waals surface area contributed by atoms with E-state index in [4.69, 9.17) is 0 Å². The molecule has 0 unspecified atom stereocenters. The van der Waals surface area contributed by atoms with E-state index in [-0.39, 0.29) is 5.54 Å². The summed E-state index contributed by atoms with van der Waals surface area (Å²) in [6.07, 6.45) is 3.84. The number of hydrogen-bond donors (Lipinski definition) is 1. The number of hydrogen-bond acceptors (Lipinski definition) is 1. The Morgan fingerprint density at radius 3 is 2.00 bits per heavy atom. The predicted octanol–water partition coefficient (Wildman–Crippen LogP) is 3.86. The molecule has 1 N–H and O–H groups in total. The molecule has 3 rings (SSSR count). The fraction of sp³-hybridized carbons (Fsp3) is 0.294. The molecule has 0 saturated heterocycles. The topological polar surface area (TPSA) is 12.0 Å². The fourth-order valence-electron chi connectivity index (χ4n) is 2.72. The molecule has 0 radical (unpaired) electrons. The van der Waals surface area contributed by atoms with Crippen LogP contribution >= 0.6 is 0 Å². The van der Waals surface area contributed by atoms with Gasteiger partial charge < -0.3 is 5.32 Å². The average Bonchev–Trinajstić information content (AvgIpc) is 2.40. The number of benzene rings is 2. The minimum absolute atomic E-state index is 0.219. The van der Waals surface area contributed by atoms with Crippen molar-refractivity contribution in [3.8, 4) is 0 Å². The van der Waals surface area contributed by atoms with Gasteiger partial charge in [0.2, 0.25) is 0 Å². The SMILES string of the molecule is c1ccc(CNC2(c3ccccc3)CCC2)cc1. The van der Waals surface area contributed by atoms with Gasteiger partial charge in [-0.15, -0.1) is 0 Å². The van der Waals surface area contributed by atoms with E-state index < -0.39 is 0 Å². The van der Waals surface area contributed by atoms with Crippen LogP contribution in [0.15, 0.2) is 60.7 Å². The molecule has 0 spiro atoms. The summed E-state index contributed by atoms with van der Waals surface area (Å²) >= 11 is 0. The fourth-order valence-corrected chi connectivity index (χ4v) is 2.72. The lowest BCUT2D eigenvalue weighted by Gasteiger charge is -2.43. The maximum Gasteiger partial charge on any atom is 0.0437 e. The first-order valence-electron chi connectivity index (χ1n) is 6.74. The normalized spacial score (nSPS) is 17.1. The van der Waals surface area contributed by atoms with E-state index in [0.717, 1.165) is 6.54 Å². The van der Waals surface area contributed by atoms with Crippen LogP contribution in [0, 0.1) is 0 Å². The molecule has 0 bridgehead atoms. The highest BCUT2D eigenvalue weighted by Gasteiger charge is 2.37. The van der Waals surface area contributed by atoms with E-state index in [1.54, 1.807) is 0 Å². The van der Waals surface area contributed by atoms with Crippen molar-refractivity contribution in [2.45, 2.75) is 31.3 Å². The molecule has 2 aromatic rings. The zero-order chi connectivity index (χ0) is 12.3. The maximum absolute atomic E-state index is 3.77. The molecule has 0 atom stereocenters. The van der Waals surface area contributed by atoms with Crippen LogP contribution in [0.2, 0.25) is 0 Å². The quantitative estimate of drug-likeness (QED) is 0.851. The third-order valence-electron chi connectivity index (χ3n) is 4.01. The van der Waals surface area contributed by atoms with Crippen molar-refractivity contribution in [3.63, 3.8) is 0 Å². The molecule has 18 heavy (non-hydrogen) atoms. The van der Waals surface area contributed by atoms with Gasteiger partial charge in [-0.25, -0.2) is 0 Å². The Morgan fingerprint density at radius 1 is 0.833 bits per heavy atom. The predicted molar refractivity (Wildman–Crippen MR) is 75.3 cm³/mol. The van der Waals surface area contributed by atoms with Gasteiger partial charge in [0.05, 0.1) is 0 Å². The summed E-state index contributed by atoms with van der Waals surface area (Å²) in [4.78, 5) is 0. The van der Waals surface area contributed by atoms with Crippen molar-refractivity contribution in [3.05, 3.63) is 71.8 Å². The van der Waals surface area contributed by atoms with Gasteiger partial charge in [0.15, 0.2) is 0 Å². The van der Waals surface area contributed by atoms with Crippen molar-refractivity contribution in [1.29, 1.82) is 0 Å². The molecule has 1 fully saturated rings. The van der Waals surface area contributed by atoms with E-state index in [1.165, 1.54) is 30.4 Å². The summed E-state index contributed by atoms with van der Waals surface area (Å²) in [6, 6.07) is 21.5. The zero-order valence-electron chi connectivity index (χ0n) is 10.6. The third-order valence-corrected chi connectivity index (χ3v) is 4.01. The zero-order valence-corrected chi connectivity index (χ0v) is 10.6. The minimum Gasteiger partial charge on any atom is -0.303 e. The van der Waals surface area contributed by atoms with Gasteiger partial charge in [-0.05, 0) is 30.4 Å². The smallest absolute Gasteiger partial charge is 0.0437 e. The summed E-state index contributed by atoms with van der Waals surface area (Å²) < 4.78 is 0. The Balaban J connectivity index is 1.74. The summed E-state index contributed by atoms with van der Waals surface area (Å²) in [7, 11) is 0. The molecule has 2 aromatic carbocycles. The number of rotatable bonds is 4. The molecule has 1 aliphatic rings. The standard InChI is InChI=1S/C17H19N/c1-3-8-15(9-4-1)14-18-17(12-7-13-17)16-10-5-2-6-11-16/h1-6,8-11,18H,7,12-14H2. The van der Waals surface area contributed by atoms with Gasteiger partial charge in [-0.1, -0.05) is 60.7 Å². The van der Waals surface area contributed by atoms with Crippen molar-refractivity contribution < 1.29 is 0 Å². The van der Waals surface area contributed by atoms with Gasteiger partial charge >= 0.3 is 0 Å². The molecule has 1 heteroatoms. The molecule has 1 saturated carbocycles. The second-order valence-corrected chi connectivity index (χ2v) is 5.14. The van der Waals surface area contributed by atoms with Crippen LogP contribution in [0.4, 0.5) is 0 Å². The first kappa shape index (κ1) is 11.5. The van der Waals surface area contributed by atoms with Crippen molar-refractivity contribution in [2.75, 3.05) is 0 Å². The lowest BCUT2D eigenvalue weighted by atomic mass is 9.71. The van der Waals surface area contributed by atoms with Crippen LogP contribution in [-0.2, 0) is 12.1 Å². The van der Waals surface area contributed by atoms with E-state index in [1.807, 2.05) is 0 Å². The summed E-state index contributed by atoms with van der Waals surface area (Å²) in [5.74, 6) is 0. The molecule has 0 aliphatic heterocycles. The van der Waals surface area contributed by atoms with Crippen LogP contribution in [-0.4, -0.2) is 0 Å². The summed E-state index contributed by atoms with van der Waals surface area (Å²) in [6.45, 7) is 0.954. The molecular formula is C17H19N. The van der Waals surface area contributed by atoms with Gasteiger partial charge in [-0.3, -0.25) is 0 Å². The van der Waals surface area contributed by atoms with Gasteiger partial charge in [0.1, 0.15) is 0 Å². The highest BCUT2D eigenvalue weighted by atomic mass is 15.0. The molecular weight excluding hydrogens is 218 g/mol. The van der Waals surface area contributed by atoms with Crippen molar-refractivity contribution in [1.82, 2.24) is 5.32 Å². The average molecular weight is 237 g/mol. The van der Waals surface area contributed by atoms with Gasteiger partial charge in [0.25, 0.3) is 0 Å². The van der Waals surface area contributed by atoms with Crippen molar-refractivity contribution >= 4 is 0 Å². The van der Waals surface area contributed by atoms with Crippen LogP contribution in [0.3, 0.4) is 0 Å². The van der Waals surface area contributed by atoms with Crippen molar-refractivity contribution in [2.24, 2.45) is 0 Å². The number of nitrogens with one attached hydrogen (secondary N) is 1. The molecule has 0 amide bonds. The van der Waals surface area contributed by atoms with E-state index >= 15 is 0 Å². The lowest BCUT2D eigenvalue weighted by molar-refractivity contribution is 0.183. The van der Waals surface area contributed by atoms with Crippen LogP contribution in [0.1, 0.15) is 30.4 Å². The Bertz CT molecular complexity index is 486. The van der Waals surface area contributed by atoms with Crippen LogP contribution in [0.25, 0.3) is 0 Å². The largest absolute Gasteiger partial charge is 0.303 e. The second-order valence-electron chi connectivity index (χ2n) is 5.14. The lowest BCUT2D eigenvalue weighted by Crippen LogP contribution is -2.47. The Kier molecular flexibility index (Phi) is 3.16. The summed E-state index contributed by atoms with van der Waals surface area (Å²) in [5, 5.41) is 3.77. The summed E-state index contributed by atoms with van der Waals surface area (Å²) in [5.41, 5.74) is 3.02. The third kappa shape index (κ3) is 2.19. The van der Waals surface area contributed by atoms with Crippen LogP contribution in [0.5, 0.6) is 0 Å². The molecule has 1 nitrogen and oxygen atoms in total. The van der Waals surface area contributed by atoms with Gasteiger partial charge in [0, 0.05) is 12.1 Å². The van der Waals surface area contributed by atoms with Crippen LogP contribution < -0.4 is 5.32 Å². The first-order valence-corrected chi connectivity index (χ1v) is 6.74. The highest BCUT2D eigenvalue weighted by Crippen LogP contribution is 2.41. The second kappa shape index (κ2) is 4.95. The Labute approximate surface area is 109 Å². The molecule has 92 valence electrons. The van der Waals surface area contributed by atoms with E-state index in [0.29, 0.717) is 0 Å². The highest BCUT2D eigenvalue weighted by molar-refractivity contribution is 5.27. The van der Waals surface area contributed by atoms with E-state index in [9.17, 15) is 0 Å². The van der Waals surface area contributed by atoms with Gasteiger partial charge in [-0.2, -0.15) is 0 Å². The monoisotopic (exact) mass is 237 g/mol.